The minimum atomic E-state index is -0.433. The van der Waals surface area contributed by atoms with Gasteiger partial charge < -0.3 is 14.9 Å². The van der Waals surface area contributed by atoms with Crippen LogP contribution >= 0.6 is 0 Å². The number of benzene rings is 1. The Hall–Kier alpha value is -2.43. The standard InChI is InChI=1S/C12H11NO4/c1-17-12(16)8-2-4-9(5-3-8)13-10(14)6-7-11(13)15/h2-7,14-15H,1H3. The molecule has 17 heavy (non-hydrogen) atoms. The quantitative estimate of drug-likeness (QED) is 0.774. The lowest BCUT2D eigenvalue weighted by atomic mass is 10.2. The summed E-state index contributed by atoms with van der Waals surface area (Å²) in [6, 6.07) is 9.07. The summed E-state index contributed by atoms with van der Waals surface area (Å²) in [5, 5.41) is 19.0. The van der Waals surface area contributed by atoms with Gasteiger partial charge in [0.1, 0.15) is 0 Å². The van der Waals surface area contributed by atoms with Gasteiger partial charge >= 0.3 is 5.97 Å². The highest BCUT2D eigenvalue weighted by atomic mass is 16.5. The molecule has 1 aromatic carbocycles. The van der Waals surface area contributed by atoms with Gasteiger partial charge in [0.05, 0.1) is 18.4 Å². The van der Waals surface area contributed by atoms with E-state index in [0.717, 1.165) is 0 Å². The Bertz CT molecular complexity index is 523. The predicted octanol–water partition coefficient (Wildman–Crippen LogP) is 1.68. The molecule has 88 valence electrons. The van der Waals surface area contributed by atoms with Crippen molar-refractivity contribution >= 4 is 5.97 Å². The molecule has 0 radical (unpaired) electrons. The van der Waals surface area contributed by atoms with E-state index in [0.29, 0.717) is 11.3 Å². The summed E-state index contributed by atoms with van der Waals surface area (Å²) >= 11 is 0. The SMILES string of the molecule is COC(=O)c1ccc(-n2c(O)ccc2O)cc1. The number of hydrogen-bond donors (Lipinski definition) is 2. The number of nitrogens with zero attached hydrogens (tertiary/aromatic N) is 1. The van der Waals surface area contributed by atoms with E-state index >= 15 is 0 Å². The topological polar surface area (TPSA) is 71.7 Å². The fourth-order valence-electron chi connectivity index (χ4n) is 1.54. The van der Waals surface area contributed by atoms with Gasteiger partial charge in [0.2, 0.25) is 0 Å². The van der Waals surface area contributed by atoms with Crippen LogP contribution in [-0.4, -0.2) is 27.9 Å². The van der Waals surface area contributed by atoms with Crippen molar-refractivity contribution < 1.29 is 19.7 Å². The van der Waals surface area contributed by atoms with E-state index < -0.39 is 5.97 Å². The second kappa shape index (κ2) is 4.21. The van der Waals surface area contributed by atoms with E-state index in [1.54, 1.807) is 24.3 Å². The molecular weight excluding hydrogens is 222 g/mol. The van der Waals surface area contributed by atoms with Gasteiger partial charge in [0.25, 0.3) is 0 Å². The number of aromatic hydroxyl groups is 2. The third-order valence-corrected chi connectivity index (χ3v) is 2.39. The Morgan fingerprint density at radius 3 is 2.06 bits per heavy atom. The number of methoxy groups -OCH3 is 1. The second-order valence-corrected chi connectivity index (χ2v) is 3.42. The van der Waals surface area contributed by atoms with Crippen LogP contribution in [0, 0.1) is 0 Å². The van der Waals surface area contributed by atoms with E-state index in [1.165, 1.54) is 23.8 Å². The molecule has 5 nitrogen and oxygen atoms in total. The summed E-state index contributed by atoms with van der Waals surface area (Å²) in [5.74, 6) is -0.584. The van der Waals surface area contributed by atoms with E-state index in [-0.39, 0.29) is 11.8 Å². The Labute approximate surface area is 97.5 Å². The number of carbonyl (C=O) groups is 1. The van der Waals surface area contributed by atoms with Crippen molar-refractivity contribution in [2.24, 2.45) is 0 Å². The summed E-state index contributed by atoms with van der Waals surface area (Å²) in [5.41, 5.74) is 0.958. The first-order valence-corrected chi connectivity index (χ1v) is 4.92. The Balaban J connectivity index is 2.39. The predicted molar refractivity (Wildman–Crippen MR) is 60.4 cm³/mol. The van der Waals surface area contributed by atoms with Crippen LogP contribution in [0.4, 0.5) is 0 Å². The molecule has 0 unspecified atom stereocenters. The highest BCUT2D eigenvalue weighted by Crippen LogP contribution is 2.26. The third kappa shape index (κ3) is 1.94. The van der Waals surface area contributed by atoms with E-state index in [2.05, 4.69) is 4.74 Å². The van der Waals surface area contributed by atoms with Gasteiger partial charge in [-0.25, -0.2) is 4.79 Å². The first-order chi connectivity index (χ1) is 8.13. The molecule has 2 rings (SSSR count). The number of esters is 1. The monoisotopic (exact) mass is 233 g/mol. The Kier molecular flexibility index (Phi) is 2.74. The van der Waals surface area contributed by atoms with Crippen molar-refractivity contribution in [2.45, 2.75) is 0 Å². The van der Waals surface area contributed by atoms with Gasteiger partial charge in [-0.05, 0) is 24.3 Å². The fraction of sp³-hybridized carbons (Fsp3) is 0.0833. The Morgan fingerprint density at radius 1 is 1.06 bits per heavy atom. The molecule has 1 aromatic heterocycles. The zero-order valence-corrected chi connectivity index (χ0v) is 9.12. The molecule has 0 aliphatic carbocycles. The summed E-state index contributed by atoms with van der Waals surface area (Å²) in [6.07, 6.45) is 0. The molecule has 0 saturated carbocycles. The van der Waals surface area contributed by atoms with Crippen LogP contribution in [0.5, 0.6) is 11.8 Å². The zero-order valence-electron chi connectivity index (χ0n) is 9.12. The van der Waals surface area contributed by atoms with Crippen molar-refractivity contribution in [3.05, 3.63) is 42.0 Å². The van der Waals surface area contributed by atoms with Gasteiger partial charge in [-0.15, -0.1) is 0 Å². The van der Waals surface area contributed by atoms with Crippen LogP contribution in [0.3, 0.4) is 0 Å². The zero-order chi connectivity index (χ0) is 12.4. The molecular formula is C12H11NO4. The van der Waals surface area contributed by atoms with Crippen molar-refractivity contribution in [3.63, 3.8) is 0 Å². The average Bonchev–Trinajstić information content (AvgIpc) is 2.68. The minimum Gasteiger partial charge on any atom is -0.494 e. The van der Waals surface area contributed by atoms with E-state index in [1.807, 2.05) is 0 Å². The normalized spacial score (nSPS) is 10.2. The maximum Gasteiger partial charge on any atom is 0.337 e. The lowest BCUT2D eigenvalue weighted by molar-refractivity contribution is 0.0601. The maximum absolute atomic E-state index is 11.2. The molecule has 0 saturated heterocycles. The van der Waals surface area contributed by atoms with Crippen LogP contribution in [0.15, 0.2) is 36.4 Å². The summed E-state index contributed by atoms with van der Waals surface area (Å²) < 4.78 is 5.82. The summed E-state index contributed by atoms with van der Waals surface area (Å²) in [4.78, 5) is 11.2. The number of carbonyl (C=O) groups excluding carboxylic acids is 1. The van der Waals surface area contributed by atoms with Gasteiger partial charge in [-0.3, -0.25) is 4.57 Å². The van der Waals surface area contributed by atoms with Gasteiger partial charge in [-0.1, -0.05) is 0 Å². The molecule has 0 bridgehead atoms. The molecule has 5 heteroatoms. The van der Waals surface area contributed by atoms with E-state index in [9.17, 15) is 15.0 Å². The third-order valence-electron chi connectivity index (χ3n) is 2.39. The highest BCUT2D eigenvalue weighted by molar-refractivity contribution is 5.89. The second-order valence-electron chi connectivity index (χ2n) is 3.42. The number of hydrogen-bond acceptors (Lipinski definition) is 4. The fourth-order valence-corrected chi connectivity index (χ4v) is 1.54. The molecule has 0 aliphatic rings. The minimum absolute atomic E-state index is 0.0756. The first-order valence-electron chi connectivity index (χ1n) is 4.92. The van der Waals surface area contributed by atoms with Crippen LogP contribution < -0.4 is 0 Å². The number of ether oxygens (including phenoxy) is 1. The summed E-state index contributed by atoms with van der Waals surface area (Å²) in [7, 11) is 1.31. The largest absolute Gasteiger partial charge is 0.494 e. The molecule has 0 spiro atoms. The Morgan fingerprint density at radius 2 is 1.59 bits per heavy atom. The van der Waals surface area contributed by atoms with Gasteiger partial charge in [0, 0.05) is 12.1 Å². The molecule has 0 fully saturated rings. The molecule has 2 N–H and O–H groups in total. The van der Waals surface area contributed by atoms with Crippen LogP contribution in [0.25, 0.3) is 5.69 Å². The van der Waals surface area contributed by atoms with Crippen molar-refractivity contribution in [1.29, 1.82) is 0 Å². The molecule has 2 aromatic rings. The lowest BCUT2D eigenvalue weighted by Gasteiger charge is -2.07. The maximum atomic E-state index is 11.2. The average molecular weight is 233 g/mol. The number of rotatable bonds is 2. The van der Waals surface area contributed by atoms with Crippen LogP contribution in [0.1, 0.15) is 10.4 Å². The highest BCUT2D eigenvalue weighted by Gasteiger charge is 2.09. The van der Waals surface area contributed by atoms with Gasteiger partial charge in [-0.2, -0.15) is 0 Å². The first kappa shape index (κ1) is 11.1. The van der Waals surface area contributed by atoms with Gasteiger partial charge in [0.15, 0.2) is 11.8 Å². The molecule has 0 atom stereocenters. The smallest absolute Gasteiger partial charge is 0.337 e. The van der Waals surface area contributed by atoms with Crippen LogP contribution in [0.2, 0.25) is 0 Å². The van der Waals surface area contributed by atoms with Crippen molar-refractivity contribution in [3.8, 4) is 17.4 Å². The van der Waals surface area contributed by atoms with Crippen molar-refractivity contribution in [2.75, 3.05) is 7.11 Å². The van der Waals surface area contributed by atoms with E-state index in [4.69, 9.17) is 0 Å². The molecule has 0 aliphatic heterocycles. The molecule has 0 amide bonds. The number of aromatic nitrogens is 1. The summed E-state index contributed by atoms with van der Waals surface area (Å²) in [6.45, 7) is 0. The lowest BCUT2D eigenvalue weighted by Crippen LogP contribution is -2.01. The van der Waals surface area contributed by atoms with Crippen molar-refractivity contribution in [1.82, 2.24) is 4.57 Å². The van der Waals surface area contributed by atoms with Crippen LogP contribution in [-0.2, 0) is 4.74 Å². The molecule has 1 heterocycles.